The van der Waals surface area contributed by atoms with Crippen molar-refractivity contribution in [2.75, 3.05) is 11.1 Å². The van der Waals surface area contributed by atoms with Crippen LogP contribution >= 0.6 is 11.8 Å². The number of carbonyl (C=O) groups is 1. The van der Waals surface area contributed by atoms with Gasteiger partial charge in [-0.15, -0.1) is 11.8 Å². The minimum Gasteiger partial charge on any atom is -0.339 e. The highest BCUT2D eigenvalue weighted by atomic mass is 32.2. The highest BCUT2D eigenvalue weighted by Gasteiger charge is 2.28. The molecular formula is C21H21N3O2S. The molecule has 0 bridgehead atoms. The first-order valence-corrected chi connectivity index (χ1v) is 10.3. The third-order valence-corrected chi connectivity index (χ3v) is 5.41. The summed E-state index contributed by atoms with van der Waals surface area (Å²) in [5.74, 6) is 3.10. The largest absolute Gasteiger partial charge is 0.339 e. The second kappa shape index (κ2) is 8.39. The zero-order valence-corrected chi connectivity index (χ0v) is 15.7. The van der Waals surface area contributed by atoms with Gasteiger partial charge in [-0.2, -0.15) is 4.98 Å². The number of rotatable bonds is 8. The Morgan fingerprint density at radius 3 is 2.70 bits per heavy atom. The number of benzene rings is 2. The van der Waals surface area contributed by atoms with E-state index in [0.717, 1.165) is 35.7 Å². The van der Waals surface area contributed by atoms with Crippen LogP contribution in [0.2, 0.25) is 0 Å². The third kappa shape index (κ3) is 4.98. The van der Waals surface area contributed by atoms with Gasteiger partial charge in [0.2, 0.25) is 11.8 Å². The average molecular weight is 379 g/mol. The van der Waals surface area contributed by atoms with Crippen molar-refractivity contribution in [3.63, 3.8) is 0 Å². The first-order chi connectivity index (χ1) is 13.3. The molecule has 0 saturated heterocycles. The number of aromatic nitrogens is 2. The molecule has 1 aliphatic rings. The number of nitrogens with one attached hydrogen (secondary N) is 1. The third-order valence-electron chi connectivity index (χ3n) is 4.40. The van der Waals surface area contributed by atoms with Crippen molar-refractivity contribution in [1.29, 1.82) is 0 Å². The zero-order valence-electron chi connectivity index (χ0n) is 14.9. The number of amides is 1. The van der Waals surface area contributed by atoms with E-state index in [1.165, 1.54) is 5.56 Å². The van der Waals surface area contributed by atoms with E-state index < -0.39 is 0 Å². The number of anilines is 1. The highest BCUT2D eigenvalue weighted by molar-refractivity contribution is 7.99. The molecule has 0 unspecified atom stereocenters. The first kappa shape index (κ1) is 17.8. The molecule has 1 heterocycles. The molecule has 4 rings (SSSR count). The Morgan fingerprint density at radius 1 is 1.11 bits per heavy atom. The predicted molar refractivity (Wildman–Crippen MR) is 107 cm³/mol. The molecule has 27 heavy (non-hydrogen) atoms. The first-order valence-electron chi connectivity index (χ1n) is 9.10. The predicted octanol–water partition coefficient (Wildman–Crippen LogP) is 4.41. The Bertz CT molecular complexity index is 907. The van der Waals surface area contributed by atoms with Gasteiger partial charge in [-0.3, -0.25) is 4.79 Å². The standard InChI is InChI=1S/C21H21N3O2S/c25-19(14-27-13-15-6-2-1-3-7-15)22-18-9-5-4-8-17(18)12-20-23-21(24-26-20)16-10-11-16/h1-9,16H,10-14H2,(H,22,25). The molecular weight excluding hydrogens is 358 g/mol. The van der Waals surface area contributed by atoms with Gasteiger partial charge in [0, 0.05) is 17.4 Å². The van der Waals surface area contributed by atoms with Crippen molar-refractivity contribution >= 4 is 23.4 Å². The molecule has 1 saturated carbocycles. The maximum absolute atomic E-state index is 12.3. The number of nitrogens with zero attached hydrogens (tertiary/aromatic N) is 2. The lowest BCUT2D eigenvalue weighted by atomic mass is 10.1. The number of hydrogen-bond acceptors (Lipinski definition) is 5. The lowest BCUT2D eigenvalue weighted by molar-refractivity contribution is -0.113. The number of hydrogen-bond donors (Lipinski definition) is 1. The fourth-order valence-electron chi connectivity index (χ4n) is 2.83. The van der Waals surface area contributed by atoms with E-state index in [0.29, 0.717) is 24.0 Å². The van der Waals surface area contributed by atoms with E-state index in [2.05, 4.69) is 27.6 Å². The van der Waals surface area contributed by atoms with Crippen LogP contribution in [0, 0.1) is 0 Å². The summed E-state index contributed by atoms with van der Waals surface area (Å²) in [6, 6.07) is 17.9. The zero-order chi connectivity index (χ0) is 18.5. The van der Waals surface area contributed by atoms with Crippen LogP contribution in [-0.4, -0.2) is 21.8 Å². The molecule has 6 heteroatoms. The Labute approximate surface area is 162 Å². The summed E-state index contributed by atoms with van der Waals surface area (Å²) in [5, 5.41) is 7.07. The van der Waals surface area contributed by atoms with Crippen LogP contribution in [0.15, 0.2) is 59.1 Å². The van der Waals surface area contributed by atoms with Crippen molar-refractivity contribution in [3.8, 4) is 0 Å². The molecule has 1 aromatic heterocycles. The van der Waals surface area contributed by atoms with Crippen molar-refractivity contribution in [2.24, 2.45) is 0 Å². The van der Waals surface area contributed by atoms with E-state index >= 15 is 0 Å². The summed E-state index contributed by atoms with van der Waals surface area (Å²) < 4.78 is 5.37. The molecule has 138 valence electrons. The number of para-hydroxylation sites is 1. The van der Waals surface area contributed by atoms with Crippen LogP contribution < -0.4 is 5.32 Å². The van der Waals surface area contributed by atoms with Gasteiger partial charge >= 0.3 is 0 Å². The molecule has 1 amide bonds. The van der Waals surface area contributed by atoms with Crippen molar-refractivity contribution in [3.05, 3.63) is 77.4 Å². The van der Waals surface area contributed by atoms with Crippen LogP contribution in [0.1, 0.15) is 41.6 Å². The van der Waals surface area contributed by atoms with Crippen LogP contribution in [-0.2, 0) is 17.0 Å². The molecule has 0 atom stereocenters. The van der Waals surface area contributed by atoms with E-state index in [1.54, 1.807) is 11.8 Å². The molecule has 0 radical (unpaired) electrons. The summed E-state index contributed by atoms with van der Waals surface area (Å²) >= 11 is 1.60. The Morgan fingerprint density at radius 2 is 1.89 bits per heavy atom. The quantitative estimate of drug-likeness (QED) is 0.628. The minimum absolute atomic E-state index is 0.00687. The van der Waals surface area contributed by atoms with Crippen LogP contribution in [0.3, 0.4) is 0 Å². The lowest BCUT2D eigenvalue weighted by Gasteiger charge is -2.09. The van der Waals surface area contributed by atoms with Gasteiger partial charge in [0.05, 0.1) is 12.2 Å². The van der Waals surface area contributed by atoms with Gasteiger partial charge in [-0.25, -0.2) is 0 Å². The molecule has 2 aromatic carbocycles. The van der Waals surface area contributed by atoms with Gasteiger partial charge in [0.1, 0.15) is 0 Å². The van der Waals surface area contributed by atoms with Gasteiger partial charge in [0.25, 0.3) is 0 Å². The SMILES string of the molecule is O=C(CSCc1ccccc1)Nc1ccccc1Cc1nc(C2CC2)no1. The molecule has 1 N–H and O–H groups in total. The molecule has 5 nitrogen and oxygen atoms in total. The van der Waals surface area contributed by atoms with Crippen LogP contribution in [0.5, 0.6) is 0 Å². The Hall–Kier alpha value is -2.60. The molecule has 0 spiro atoms. The monoisotopic (exact) mass is 379 g/mol. The summed E-state index contributed by atoms with van der Waals surface area (Å²) in [4.78, 5) is 16.8. The average Bonchev–Trinajstić information content (AvgIpc) is 3.43. The maximum Gasteiger partial charge on any atom is 0.234 e. The molecule has 1 aliphatic carbocycles. The van der Waals surface area contributed by atoms with Gasteiger partial charge in [-0.1, -0.05) is 53.7 Å². The minimum atomic E-state index is -0.00687. The Balaban J connectivity index is 1.33. The van der Waals surface area contributed by atoms with E-state index in [4.69, 9.17) is 4.52 Å². The van der Waals surface area contributed by atoms with Crippen LogP contribution in [0.25, 0.3) is 0 Å². The van der Waals surface area contributed by atoms with Crippen molar-refractivity contribution < 1.29 is 9.32 Å². The van der Waals surface area contributed by atoms with E-state index in [-0.39, 0.29) is 5.91 Å². The van der Waals surface area contributed by atoms with Crippen molar-refractivity contribution in [1.82, 2.24) is 10.1 Å². The maximum atomic E-state index is 12.3. The number of thioether (sulfide) groups is 1. The van der Waals surface area contributed by atoms with Gasteiger partial charge in [0.15, 0.2) is 5.82 Å². The van der Waals surface area contributed by atoms with E-state index in [1.807, 2.05) is 42.5 Å². The summed E-state index contributed by atoms with van der Waals surface area (Å²) in [5.41, 5.74) is 3.00. The smallest absolute Gasteiger partial charge is 0.234 e. The molecule has 3 aromatic rings. The van der Waals surface area contributed by atoms with E-state index in [9.17, 15) is 4.79 Å². The summed E-state index contributed by atoms with van der Waals surface area (Å²) in [6.07, 6.45) is 2.81. The lowest BCUT2D eigenvalue weighted by Crippen LogP contribution is -2.15. The molecule has 0 aliphatic heterocycles. The number of carbonyl (C=O) groups excluding carboxylic acids is 1. The second-order valence-electron chi connectivity index (χ2n) is 6.68. The highest BCUT2D eigenvalue weighted by Crippen LogP contribution is 2.38. The summed E-state index contributed by atoms with van der Waals surface area (Å²) in [7, 11) is 0. The fraction of sp³-hybridized carbons (Fsp3) is 0.286. The topological polar surface area (TPSA) is 68.0 Å². The molecule has 1 fully saturated rings. The van der Waals surface area contributed by atoms with Gasteiger partial charge in [-0.05, 0) is 30.0 Å². The van der Waals surface area contributed by atoms with Crippen molar-refractivity contribution in [2.45, 2.75) is 30.9 Å². The van der Waals surface area contributed by atoms with Gasteiger partial charge < -0.3 is 9.84 Å². The second-order valence-corrected chi connectivity index (χ2v) is 7.67. The van der Waals surface area contributed by atoms with Crippen LogP contribution in [0.4, 0.5) is 5.69 Å². The summed E-state index contributed by atoms with van der Waals surface area (Å²) in [6.45, 7) is 0. The fourth-order valence-corrected chi connectivity index (χ4v) is 3.62. The Kier molecular flexibility index (Phi) is 5.53. The normalized spacial score (nSPS) is 13.5.